The topological polar surface area (TPSA) is 76.1 Å². The van der Waals surface area contributed by atoms with Crippen molar-refractivity contribution >= 4 is 27.3 Å². The van der Waals surface area contributed by atoms with Crippen LogP contribution in [-0.4, -0.2) is 57.4 Å². The molecule has 0 bridgehead atoms. The number of sulfonamides is 1. The highest BCUT2D eigenvalue weighted by Gasteiger charge is 2.33. The predicted octanol–water partition coefficient (Wildman–Crippen LogP) is 3.46. The van der Waals surface area contributed by atoms with Crippen molar-refractivity contribution in [2.45, 2.75) is 42.4 Å². The van der Waals surface area contributed by atoms with Crippen molar-refractivity contribution in [3.63, 3.8) is 0 Å². The van der Waals surface area contributed by atoms with Crippen LogP contribution in [0, 0.1) is 0 Å². The van der Waals surface area contributed by atoms with Crippen molar-refractivity contribution in [3.05, 3.63) is 40.8 Å². The molecule has 31 heavy (non-hydrogen) atoms. The van der Waals surface area contributed by atoms with Crippen LogP contribution in [0.15, 0.2) is 34.5 Å². The molecule has 2 aromatic rings. The first-order chi connectivity index (χ1) is 14.9. The molecule has 0 aliphatic carbocycles. The average Bonchev–Trinajstić information content (AvgIpc) is 3.54. The van der Waals surface area contributed by atoms with Gasteiger partial charge in [-0.1, -0.05) is 0 Å². The molecule has 1 aromatic heterocycles. The summed E-state index contributed by atoms with van der Waals surface area (Å²) in [6, 6.07) is 8.96. The molecule has 0 N–H and O–H groups in total. The highest BCUT2D eigenvalue weighted by molar-refractivity contribution is 7.91. The van der Waals surface area contributed by atoms with E-state index in [-0.39, 0.29) is 18.4 Å². The summed E-state index contributed by atoms with van der Waals surface area (Å²) in [5.41, 5.74) is 0.941. The van der Waals surface area contributed by atoms with E-state index in [1.807, 2.05) is 23.1 Å². The first-order valence-electron chi connectivity index (χ1n) is 10.5. The fourth-order valence-corrected chi connectivity index (χ4v) is 7.40. The molecular formula is C22H28N2O5S2. The van der Waals surface area contributed by atoms with Gasteiger partial charge in [0.25, 0.3) is 10.0 Å². The van der Waals surface area contributed by atoms with Crippen LogP contribution in [0.1, 0.15) is 42.2 Å². The average molecular weight is 465 g/mol. The second-order valence-corrected chi connectivity index (χ2v) is 11.2. The summed E-state index contributed by atoms with van der Waals surface area (Å²) in [4.78, 5) is 15.8. The second-order valence-electron chi connectivity index (χ2n) is 7.86. The number of carbonyl (C=O) groups is 1. The Kier molecular flexibility index (Phi) is 6.55. The number of carbonyl (C=O) groups excluding carboxylic acids is 1. The van der Waals surface area contributed by atoms with Crippen molar-refractivity contribution in [2.24, 2.45) is 0 Å². The molecule has 2 saturated heterocycles. The molecule has 4 rings (SSSR count). The zero-order valence-corrected chi connectivity index (χ0v) is 19.5. The van der Waals surface area contributed by atoms with E-state index in [1.54, 1.807) is 26.4 Å². The lowest BCUT2D eigenvalue weighted by atomic mass is 10.0. The first-order valence-corrected chi connectivity index (χ1v) is 12.8. The number of thiophene rings is 1. The fraction of sp³-hybridized carbons (Fsp3) is 0.500. The molecule has 168 valence electrons. The van der Waals surface area contributed by atoms with E-state index in [9.17, 15) is 13.2 Å². The minimum absolute atomic E-state index is 0.000608. The Morgan fingerprint density at radius 1 is 1.06 bits per heavy atom. The van der Waals surface area contributed by atoms with Gasteiger partial charge in [-0.05, 0) is 56.0 Å². The van der Waals surface area contributed by atoms with Crippen LogP contribution in [0.2, 0.25) is 0 Å². The maximum absolute atomic E-state index is 13.2. The Balaban J connectivity index is 1.51. The van der Waals surface area contributed by atoms with Gasteiger partial charge in [0.2, 0.25) is 5.91 Å². The van der Waals surface area contributed by atoms with Gasteiger partial charge in [0.1, 0.15) is 15.7 Å². The van der Waals surface area contributed by atoms with Gasteiger partial charge in [-0.2, -0.15) is 4.31 Å². The standard InChI is InChI=1S/C22H28N2O5S2/c1-28-16-7-9-20(29-2)18(14-16)19-6-5-13-24(19)21(25)15-17-8-10-22(30-17)31(26,27)23-11-3-4-12-23/h7-10,14,19H,3-6,11-13,15H2,1-2H3. The molecule has 9 heteroatoms. The lowest BCUT2D eigenvalue weighted by molar-refractivity contribution is -0.131. The summed E-state index contributed by atoms with van der Waals surface area (Å²) >= 11 is 1.20. The summed E-state index contributed by atoms with van der Waals surface area (Å²) < 4.78 is 38.3. The molecule has 0 spiro atoms. The molecule has 2 aliphatic heterocycles. The van der Waals surface area contributed by atoms with E-state index in [4.69, 9.17) is 9.47 Å². The van der Waals surface area contributed by atoms with E-state index in [2.05, 4.69) is 0 Å². The van der Waals surface area contributed by atoms with E-state index < -0.39 is 10.0 Å². The third-order valence-electron chi connectivity index (χ3n) is 5.99. The van der Waals surface area contributed by atoms with E-state index in [1.165, 1.54) is 15.6 Å². The number of benzene rings is 1. The highest BCUT2D eigenvalue weighted by atomic mass is 32.2. The maximum atomic E-state index is 13.2. The van der Waals surface area contributed by atoms with Crippen LogP contribution in [0.4, 0.5) is 0 Å². The molecule has 0 radical (unpaired) electrons. The predicted molar refractivity (Wildman–Crippen MR) is 119 cm³/mol. The number of rotatable bonds is 7. The lowest BCUT2D eigenvalue weighted by Crippen LogP contribution is -2.31. The Morgan fingerprint density at radius 2 is 1.84 bits per heavy atom. The number of nitrogens with zero attached hydrogens (tertiary/aromatic N) is 2. The second kappa shape index (κ2) is 9.18. The van der Waals surface area contributed by atoms with Crippen LogP contribution < -0.4 is 9.47 Å². The Morgan fingerprint density at radius 3 is 2.55 bits per heavy atom. The first kappa shape index (κ1) is 22.1. The number of methoxy groups -OCH3 is 2. The Bertz CT molecular complexity index is 1040. The van der Waals surface area contributed by atoms with Crippen molar-refractivity contribution < 1.29 is 22.7 Å². The largest absolute Gasteiger partial charge is 0.497 e. The molecule has 1 unspecified atom stereocenters. The summed E-state index contributed by atoms with van der Waals surface area (Å²) in [6.07, 6.45) is 3.77. The van der Waals surface area contributed by atoms with Crippen LogP contribution in [0.5, 0.6) is 11.5 Å². The zero-order chi connectivity index (χ0) is 22.0. The minimum Gasteiger partial charge on any atom is -0.497 e. The molecule has 2 fully saturated rings. The summed E-state index contributed by atoms with van der Waals surface area (Å²) in [5.74, 6) is 1.46. The Hall–Kier alpha value is -2.10. The van der Waals surface area contributed by atoms with Gasteiger partial charge >= 0.3 is 0 Å². The van der Waals surface area contributed by atoms with Crippen molar-refractivity contribution in [3.8, 4) is 11.5 Å². The minimum atomic E-state index is -3.45. The van der Waals surface area contributed by atoms with Crippen molar-refractivity contribution in [1.29, 1.82) is 0 Å². The van der Waals surface area contributed by atoms with Gasteiger partial charge in [-0.15, -0.1) is 11.3 Å². The number of ether oxygens (including phenoxy) is 2. The monoisotopic (exact) mass is 464 g/mol. The normalized spacial score (nSPS) is 19.7. The number of hydrogen-bond acceptors (Lipinski definition) is 6. The Labute approximate surface area is 187 Å². The van der Waals surface area contributed by atoms with E-state index >= 15 is 0 Å². The van der Waals surface area contributed by atoms with Crippen LogP contribution >= 0.6 is 11.3 Å². The van der Waals surface area contributed by atoms with Crippen LogP contribution in [-0.2, 0) is 21.2 Å². The summed E-state index contributed by atoms with van der Waals surface area (Å²) in [6.45, 7) is 1.83. The SMILES string of the molecule is COc1ccc(OC)c(C2CCCN2C(=O)Cc2ccc(S(=O)(=O)N3CCCC3)s2)c1. The van der Waals surface area contributed by atoms with E-state index in [0.29, 0.717) is 23.8 Å². The molecular weight excluding hydrogens is 436 g/mol. The lowest BCUT2D eigenvalue weighted by Gasteiger charge is -2.26. The van der Waals surface area contributed by atoms with Crippen LogP contribution in [0.3, 0.4) is 0 Å². The molecule has 7 nitrogen and oxygen atoms in total. The number of likely N-dealkylation sites (tertiary alicyclic amines) is 1. The number of amides is 1. The third kappa shape index (κ3) is 4.44. The van der Waals surface area contributed by atoms with Gasteiger partial charge in [0, 0.05) is 30.1 Å². The zero-order valence-electron chi connectivity index (χ0n) is 17.9. The summed E-state index contributed by atoms with van der Waals surface area (Å²) in [7, 11) is -0.202. The van der Waals surface area contributed by atoms with Gasteiger partial charge in [0.15, 0.2) is 0 Å². The maximum Gasteiger partial charge on any atom is 0.252 e. The van der Waals surface area contributed by atoms with Crippen LogP contribution in [0.25, 0.3) is 0 Å². The highest BCUT2D eigenvalue weighted by Crippen LogP contribution is 2.39. The van der Waals surface area contributed by atoms with Gasteiger partial charge < -0.3 is 14.4 Å². The molecule has 1 amide bonds. The van der Waals surface area contributed by atoms with Crippen molar-refractivity contribution in [1.82, 2.24) is 9.21 Å². The fourth-order valence-electron chi connectivity index (χ4n) is 4.39. The molecule has 0 saturated carbocycles. The van der Waals surface area contributed by atoms with Gasteiger partial charge in [-0.3, -0.25) is 4.79 Å². The number of hydrogen-bond donors (Lipinski definition) is 0. The van der Waals surface area contributed by atoms with Crippen molar-refractivity contribution in [2.75, 3.05) is 33.9 Å². The molecule has 3 heterocycles. The molecule has 2 aliphatic rings. The molecule has 1 aromatic carbocycles. The van der Waals surface area contributed by atoms with E-state index in [0.717, 1.165) is 47.6 Å². The van der Waals surface area contributed by atoms with Gasteiger partial charge in [-0.25, -0.2) is 8.42 Å². The quantitative estimate of drug-likeness (QED) is 0.627. The summed E-state index contributed by atoms with van der Waals surface area (Å²) in [5, 5.41) is 0. The smallest absolute Gasteiger partial charge is 0.252 e. The third-order valence-corrected chi connectivity index (χ3v) is 9.44. The molecule has 1 atom stereocenters. The van der Waals surface area contributed by atoms with Gasteiger partial charge in [0.05, 0.1) is 26.7 Å².